The Morgan fingerprint density at radius 2 is 1.84 bits per heavy atom. The van der Waals surface area contributed by atoms with E-state index in [1.807, 2.05) is 49.9 Å². The van der Waals surface area contributed by atoms with Crippen molar-refractivity contribution < 1.29 is 14.0 Å². The fourth-order valence-corrected chi connectivity index (χ4v) is 5.32. The number of nitriles is 1. The van der Waals surface area contributed by atoms with E-state index in [4.69, 9.17) is 5.73 Å². The van der Waals surface area contributed by atoms with Gasteiger partial charge in [-0.2, -0.15) is 5.26 Å². The van der Waals surface area contributed by atoms with Crippen molar-refractivity contribution >= 4 is 39.4 Å². The van der Waals surface area contributed by atoms with Crippen LogP contribution in [0.3, 0.4) is 0 Å². The van der Waals surface area contributed by atoms with E-state index in [-0.39, 0.29) is 5.78 Å². The first-order valence-electron chi connectivity index (χ1n) is 10.3. The highest BCUT2D eigenvalue weighted by Gasteiger charge is 2.66. The SMILES string of the molecule is CC(C)(C)C(=O)C1C(c2ccc(F)cc2)C(C#N)(C(N)=O)C2C=Cc3cc(Br)ccc3N12. The smallest absolute Gasteiger partial charge is 0.241 e. The Labute approximate surface area is 194 Å². The molecule has 2 N–H and O–H groups in total. The first-order valence-corrected chi connectivity index (χ1v) is 11.1. The molecular weight excluding hydrogens is 473 g/mol. The molecule has 1 saturated heterocycles. The number of nitrogens with two attached hydrogens (primary N) is 1. The van der Waals surface area contributed by atoms with Crippen LogP contribution in [0.15, 0.2) is 53.0 Å². The van der Waals surface area contributed by atoms with E-state index in [0.29, 0.717) is 5.56 Å². The largest absolute Gasteiger partial charge is 0.368 e. The Hall–Kier alpha value is -2.98. The van der Waals surface area contributed by atoms with Crippen LogP contribution in [-0.4, -0.2) is 23.8 Å². The summed E-state index contributed by atoms with van der Waals surface area (Å²) in [4.78, 5) is 28.7. The summed E-state index contributed by atoms with van der Waals surface area (Å²) in [5.74, 6) is -2.25. The predicted octanol–water partition coefficient (Wildman–Crippen LogP) is 4.57. The van der Waals surface area contributed by atoms with E-state index in [0.717, 1.165) is 15.7 Å². The van der Waals surface area contributed by atoms with Crippen LogP contribution in [0.5, 0.6) is 0 Å². The van der Waals surface area contributed by atoms with E-state index in [1.54, 1.807) is 6.08 Å². The van der Waals surface area contributed by atoms with Crippen molar-refractivity contribution in [1.29, 1.82) is 5.26 Å². The van der Waals surface area contributed by atoms with Gasteiger partial charge < -0.3 is 10.6 Å². The number of ketones is 1. The lowest BCUT2D eigenvalue weighted by atomic mass is 9.66. The van der Waals surface area contributed by atoms with Crippen LogP contribution in [0.1, 0.15) is 37.8 Å². The van der Waals surface area contributed by atoms with Gasteiger partial charge >= 0.3 is 0 Å². The molecule has 2 aromatic carbocycles. The number of fused-ring (bicyclic) bond motifs is 3. The fourth-order valence-electron chi connectivity index (χ4n) is 4.95. The third-order valence-electron chi connectivity index (χ3n) is 6.43. The van der Waals surface area contributed by atoms with Gasteiger partial charge in [0.25, 0.3) is 0 Å². The molecule has 5 nitrogen and oxygen atoms in total. The minimum atomic E-state index is -1.72. The highest BCUT2D eigenvalue weighted by molar-refractivity contribution is 9.10. The quantitative estimate of drug-likeness (QED) is 0.675. The summed E-state index contributed by atoms with van der Waals surface area (Å²) < 4.78 is 14.6. The Morgan fingerprint density at radius 1 is 1.19 bits per heavy atom. The lowest BCUT2D eigenvalue weighted by molar-refractivity contribution is -0.128. The molecule has 2 aromatic rings. The molecule has 0 aliphatic carbocycles. The van der Waals surface area contributed by atoms with Crippen molar-refractivity contribution in [2.24, 2.45) is 16.6 Å². The van der Waals surface area contributed by atoms with Crippen LogP contribution in [0.4, 0.5) is 10.1 Å². The zero-order chi connectivity index (χ0) is 23.4. The number of carbonyl (C=O) groups is 2. The highest BCUT2D eigenvalue weighted by atomic mass is 79.9. The van der Waals surface area contributed by atoms with Gasteiger partial charge in [0, 0.05) is 21.5 Å². The number of Topliss-reactive ketones (excluding diaryl/α,β-unsaturated/α-hetero) is 1. The van der Waals surface area contributed by atoms with Gasteiger partial charge in [-0.1, -0.05) is 61.0 Å². The molecule has 1 fully saturated rings. The maximum absolute atomic E-state index is 13.9. The van der Waals surface area contributed by atoms with Crippen molar-refractivity contribution in [1.82, 2.24) is 0 Å². The maximum Gasteiger partial charge on any atom is 0.241 e. The molecule has 7 heteroatoms. The summed E-state index contributed by atoms with van der Waals surface area (Å²) in [6.07, 6.45) is 3.62. The molecule has 164 valence electrons. The van der Waals surface area contributed by atoms with Crippen LogP contribution in [0.25, 0.3) is 6.08 Å². The number of amides is 1. The minimum absolute atomic E-state index is 0.126. The number of hydrogen-bond donors (Lipinski definition) is 1. The second-order valence-corrected chi connectivity index (χ2v) is 10.3. The monoisotopic (exact) mass is 495 g/mol. The summed E-state index contributed by atoms with van der Waals surface area (Å²) in [6.45, 7) is 5.43. The van der Waals surface area contributed by atoms with Gasteiger partial charge in [0.1, 0.15) is 5.82 Å². The number of halogens is 2. The molecule has 0 bridgehead atoms. The van der Waals surface area contributed by atoms with Gasteiger partial charge in [-0.3, -0.25) is 9.59 Å². The first kappa shape index (κ1) is 22.2. The second-order valence-electron chi connectivity index (χ2n) is 9.35. The summed E-state index contributed by atoms with van der Waals surface area (Å²) in [5.41, 5.74) is 5.56. The van der Waals surface area contributed by atoms with E-state index < -0.39 is 40.6 Å². The average Bonchev–Trinajstić information content (AvgIpc) is 3.04. The van der Waals surface area contributed by atoms with Gasteiger partial charge in [0.15, 0.2) is 11.2 Å². The summed E-state index contributed by atoms with van der Waals surface area (Å²) in [7, 11) is 0. The van der Waals surface area contributed by atoms with Crippen LogP contribution in [0, 0.1) is 28.0 Å². The molecule has 4 atom stereocenters. The Balaban J connectivity index is 2.05. The predicted molar refractivity (Wildman–Crippen MR) is 124 cm³/mol. The molecule has 0 saturated carbocycles. The third kappa shape index (κ3) is 3.17. The molecule has 2 aliphatic rings. The van der Waals surface area contributed by atoms with Crippen LogP contribution in [0.2, 0.25) is 0 Å². The van der Waals surface area contributed by atoms with E-state index in [1.165, 1.54) is 24.3 Å². The number of anilines is 1. The standard InChI is InChI=1S/C25H23BrFN3O2/c1-24(2,3)22(31)21-20(14-4-8-17(27)9-5-14)25(13-28,23(29)32)19-11-6-15-12-16(26)7-10-18(15)30(19)21/h4-12,19-21H,1-3H3,(H2,29,32). The molecule has 4 unspecified atom stereocenters. The van der Waals surface area contributed by atoms with Gasteiger partial charge in [0.2, 0.25) is 5.91 Å². The number of hydrogen-bond acceptors (Lipinski definition) is 4. The summed E-state index contributed by atoms with van der Waals surface area (Å²) in [6, 6.07) is 11.9. The van der Waals surface area contributed by atoms with Crippen molar-refractivity contribution in [3.8, 4) is 6.07 Å². The minimum Gasteiger partial charge on any atom is -0.368 e. The lowest BCUT2D eigenvalue weighted by Crippen LogP contribution is -2.49. The first-order chi connectivity index (χ1) is 15.0. The van der Waals surface area contributed by atoms with Gasteiger partial charge in [-0.25, -0.2) is 4.39 Å². The maximum atomic E-state index is 13.9. The summed E-state index contributed by atoms with van der Waals surface area (Å²) >= 11 is 3.47. The zero-order valence-electron chi connectivity index (χ0n) is 18.0. The molecular formula is C25H23BrFN3O2. The number of rotatable bonds is 3. The topological polar surface area (TPSA) is 87.2 Å². The Bertz CT molecular complexity index is 1180. The molecule has 0 aromatic heterocycles. The Kier molecular flexibility index (Phi) is 5.25. The van der Waals surface area contributed by atoms with Crippen LogP contribution < -0.4 is 10.6 Å². The average molecular weight is 496 g/mol. The second kappa shape index (κ2) is 7.56. The highest BCUT2D eigenvalue weighted by Crippen LogP contribution is 2.56. The fraction of sp³-hybridized carbons (Fsp3) is 0.320. The van der Waals surface area contributed by atoms with Crippen molar-refractivity contribution in [2.45, 2.75) is 38.8 Å². The zero-order valence-corrected chi connectivity index (χ0v) is 19.6. The van der Waals surface area contributed by atoms with Gasteiger partial charge in [-0.05, 0) is 41.5 Å². The van der Waals surface area contributed by atoms with Crippen molar-refractivity contribution in [3.05, 3.63) is 70.0 Å². The molecule has 0 spiro atoms. The number of benzene rings is 2. The van der Waals surface area contributed by atoms with Crippen LogP contribution >= 0.6 is 15.9 Å². The molecule has 0 radical (unpaired) electrons. The van der Waals surface area contributed by atoms with Crippen molar-refractivity contribution in [3.63, 3.8) is 0 Å². The van der Waals surface area contributed by atoms with E-state index in [2.05, 4.69) is 22.0 Å². The summed E-state index contributed by atoms with van der Waals surface area (Å²) in [5, 5.41) is 10.4. The number of primary amides is 1. The van der Waals surface area contributed by atoms with Crippen LogP contribution in [-0.2, 0) is 9.59 Å². The van der Waals surface area contributed by atoms with Crippen molar-refractivity contribution in [2.75, 3.05) is 4.90 Å². The molecule has 32 heavy (non-hydrogen) atoms. The van der Waals surface area contributed by atoms with Gasteiger partial charge in [-0.15, -0.1) is 0 Å². The molecule has 2 aliphatic heterocycles. The number of carbonyl (C=O) groups excluding carboxylic acids is 2. The number of nitrogens with zero attached hydrogens (tertiary/aromatic N) is 2. The third-order valence-corrected chi connectivity index (χ3v) is 6.92. The van der Waals surface area contributed by atoms with E-state index >= 15 is 0 Å². The molecule has 4 rings (SSSR count). The van der Waals surface area contributed by atoms with E-state index in [9.17, 15) is 19.2 Å². The lowest BCUT2D eigenvalue weighted by Gasteiger charge is -2.37. The Morgan fingerprint density at radius 3 is 2.41 bits per heavy atom. The normalized spacial score (nSPS) is 26.2. The van der Waals surface area contributed by atoms with Gasteiger partial charge in [0.05, 0.1) is 18.2 Å². The molecule has 2 heterocycles. The molecule has 1 amide bonds.